The second-order valence-electron chi connectivity index (χ2n) is 4.93. The number of alkyl halides is 6. The van der Waals surface area contributed by atoms with E-state index in [0.29, 0.717) is 13.0 Å². The Labute approximate surface area is 159 Å². The zero-order chi connectivity index (χ0) is 23.8. The zero-order valence-corrected chi connectivity index (χ0v) is 14.7. The van der Waals surface area contributed by atoms with Crippen LogP contribution in [-0.4, -0.2) is 70.6 Å². The van der Waals surface area contributed by atoms with Crippen molar-refractivity contribution in [2.24, 2.45) is 11.5 Å². The number of nitrogens with one attached hydrogen (secondary N) is 1. The molecular weight excluding hydrogens is 424 g/mol. The number of unbranched alkanes of at least 4 members (excludes halogenated alkanes) is 1. The van der Waals surface area contributed by atoms with E-state index < -0.39 is 36.3 Å². The van der Waals surface area contributed by atoms with Gasteiger partial charge >= 0.3 is 30.3 Å². The van der Waals surface area contributed by atoms with E-state index in [-0.39, 0.29) is 18.9 Å². The normalized spacial score (nSPS) is 11.7. The molecule has 0 fully saturated rings. The van der Waals surface area contributed by atoms with Crippen LogP contribution in [0.1, 0.15) is 25.7 Å². The van der Waals surface area contributed by atoms with E-state index >= 15 is 0 Å². The second-order valence-corrected chi connectivity index (χ2v) is 4.93. The van der Waals surface area contributed by atoms with Gasteiger partial charge in [0.2, 0.25) is 5.91 Å². The first-order valence-corrected chi connectivity index (χ1v) is 7.52. The third kappa shape index (κ3) is 23.3. The highest BCUT2D eigenvalue weighted by atomic mass is 19.4. The van der Waals surface area contributed by atoms with Crippen LogP contribution in [0, 0.1) is 0 Å². The summed E-state index contributed by atoms with van der Waals surface area (Å²) in [7, 11) is 0. The highest BCUT2D eigenvalue weighted by molar-refractivity contribution is 5.81. The maximum absolute atomic E-state index is 11.3. The first kappa shape index (κ1) is 31.1. The Morgan fingerprint density at radius 2 is 1.24 bits per heavy atom. The monoisotopic (exact) mass is 445 g/mol. The lowest BCUT2D eigenvalue weighted by Gasteiger charge is -2.10. The SMILES string of the molecule is NCCCC[C@H](N)C(=O)NCCC(=O)O.O=C(O)C(F)(F)F.O=C(O)C(F)(F)F. The van der Waals surface area contributed by atoms with Crippen molar-refractivity contribution in [1.82, 2.24) is 5.32 Å². The fourth-order valence-electron chi connectivity index (χ4n) is 1.06. The maximum atomic E-state index is 11.3. The molecule has 1 atom stereocenters. The van der Waals surface area contributed by atoms with Crippen molar-refractivity contribution in [1.29, 1.82) is 0 Å². The van der Waals surface area contributed by atoms with E-state index in [0.717, 1.165) is 12.8 Å². The molecule has 0 radical (unpaired) electrons. The van der Waals surface area contributed by atoms with E-state index in [1.165, 1.54) is 0 Å². The van der Waals surface area contributed by atoms with Crippen LogP contribution in [0.15, 0.2) is 0 Å². The van der Waals surface area contributed by atoms with Crippen molar-refractivity contribution in [3.05, 3.63) is 0 Å². The van der Waals surface area contributed by atoms with Crippen molar-refractivity contribution < 1.29 is 60.8 Å². The summed E-state index contributed by atoms with van der Waals surface area (Å²) in [6.07, 6.45) is -8.02. The lowest BCUT2D eigenvalue weighted by atomic mass is 10.1. The molecule has 0 aromatic carbocycles. The molecule has 0 aromatic rings. The Kier molecular flexibility index (Phi) is 16.4. The van der Waals surface area contributed by atoms with Crippen molar-refractivity contribution >= 4 is 23.8 Å². The molecule has 0 spiro atoms. The number of hydrogen-bond donors (Lipinski definition) is 6. The van der Waals surface area contributed by atoms with Crippen LogP contribution in [0.4, 0.5) is 26.3 Å². The molecule has 0 aliphatic carbocycles. The fraction of sp³-hybridized carbons (Fsp3) is 0.692. The van der Waals surface area contributed by atoms with Gasteiger partial charge in [-0.3, -0.25) is 9.59 Å². The number of rotatable bonds is 8. The standard InChI is InChI=1S/C9H19N3O3.2C2HF3O2/c10-5-2-1-3-7(11)9(15)12-6-4-8(13)14;2*3-2(4,5)1(6)7/h7H,1-6,10-11H2,(H,12,15)(H,13,14);2*(H,6,7)/t7-;;/m0../s1. The molecule has 0 aromatic heterocycles. The summed E-state index contributed by atoms with van der Waals surface area (Å²) in [5, 5.41) is 25.1. The number of carbonyl (C=O) groups is 4. The van der Waals surface area contributed by atoms with Gasteiger partial charge in [-0.2, -0.15) is 26.3 Å². The minimum atomic E-state index is -5.08. The van der Waals surface area contributed by atoms with Crippen LogP contribution >= 0.6 is 0 Å². The molecule has 0 rings (SSSR count). The lowest BCUT2D eigenvalue weighted by Crippen LogP contribution is -2.41. The van der Waals surface area contributed by atoms with E-state index in [9.17, 15) is 35.9 Å². The van der Waals surface area contributed by atoms with Crippen molar-refractivity contribution in [3.63, 3.8) is 0 Å². The molecule has 8 N–H and O–H groups in total. The van der Waals surface area contributed by atoms with Gasteiger partial charge in [-0.25, -0.2) is 9.59 Å². The summed E-state index contributed by atoms with van der Waals surface area (Å²) in [5.41, 5.74) is 10.9. The zero-order valence-electron chi connectivity index (χ0n) is 14.7. The third-order valence-corrected chi connectivity index (χ3v) is 2.43. The van der Waals surface area contributed by atoms with Gasteiger partial charge in [-0.05, 0) is 19.4 Å². The van der Waals surface area contributed by atoms with Gasteiger partial charge in [-0.1, -0.05) is 6.42 Å². The van der Waals surface area contributed by atoms with Crippen LogP contribution in [0.5, 0.6) is 0 Å². The molecule has 172 valence electrons. The van der Waals surface area contributed by atoms with Gasteiger partial charge in [0, 0.05) is 6.54 Å². The summed E-state index contributed by atoms with van der Waals surface area (Å²) < 4.78 is 63.5. The maximum Gasteiger partial charge on any atom is 0.490 e. The summed E-state index contributed by atoms with van der Waals surface area (Å²) in [4.78, 5) is 39.2. The smallest absolute Gasteiger partial charge is 0.481 e. The Morgan fingerprint density at radius 1 is 0.862 bits per heavy atom. The number of carbonyl (C=O) groups excluding carboxylic acids is 1. The Bertz CT molecular complexity index is 502. The summed E-state index contributed by atoms with van der Waals surface area (Å²) in [5.74, 6) is -6.75. The van der Waals surface area contributed by atoms with E-state index in [1.807, 2.05) is 0 Å². The third-order valence-electron chi connectivity index (χ3n) is 2.43. The quantitative estimate of drug-likeness (QED) is 0.225. The summed E-state index contributed by atoms with van der Waals surface area (Å²) in [6.45, 7) is 0.714. The Balaban J connectivity index is -0.000000402. The van der Waals surface area contributed by atoms with Crippen LogP contribution in [0.25, 0.3) is 0 Å². The Hall–Kier alpha value is -2.62. The van der Waals surface area contributed by atoms with Crippen LogP contribution in [0.2, 0.25) is 0 Å². The lowest BCUT2D eigenvalue weighted by molar-refractivity contribution is -0.193. The molecule has 16 heteroatoms. The summed E-state index contributed by atoms with van der Waals surface area (Å²) in [6, 6.07) is -0.564. The van der Waals surface area contributed by atoms with Crippen LogP contribution < -0.4 is 16.8 Å². The van der Waals surface area contributed by atoms with Crippen molar-refractivity contribution in [2.75, 3.05) is 13.1 Å². The first-order chi connectivity index (χ1) is 13.0. The molecule has 0 bridgehead atoms. The van der Waals surface area contributed by atoms with Gasteiger partial charge in [0.05, 0.1) is 12.5 Å². The van der Waals surface area contributed by atoms with E-state index in [4.69, 9.17) is 36.4 Å². The number of carboxylic acid groups (broad SMARTS) is 3. The molecule has 0 aliphatic heterocycles. The molecule has 10 nitrogen and oxygen atoms in total. The average molecular weight is 445 g/mol. The molecule has 1 amide bonds. The van der Waals surface area contributed by atoms with Gasteiger partial charge < -0.3 is 32.1 Å². The van der Waals surface area contributed by atoms with Gasteiger partial charge in [-0.15, -0.1) is 0 Å². The minimum absolute atomic E-state index is 0.0821. The topological polar surface area (TPSA) is 193 Å². The number of amides is 1. The molecule has 0 saturated carbocycles. The van der Waals surface area contributed by atoms with Gasteiger partial charge in [0.15, 0.2) is 0 Å². The second kappa shape index (κ2) is 15.3. The number of halogens is 6. The first-order valence-electron chi connectivity index (χ1n) is 7.52. The number of aliphatic carboxylic acids is 3. The fourth-order valence-corrected chi connectivity index (χ4v) is 1.06. The number of carboxylic acids is 3. The largest absolute Gasteiger partial charge is 0.490 e. The molecular formula is C13H21F6N3O7. The molecule has 0 saturated heterocycles. The van der Waals surface area contributed by atoms with Crippen molar-refractivity contribution in [3.8, 4) is 0 Å². The molecule has 0 aliphatic rings. The Morgan fingerprint density at radius 3 is 1.52 bits per heavy atom. The minimum Gasteiger partial charge on any atom is -0.481 e. The van der Waals surface area contributed by atoms with E-state index in [2.05, 4.69) is 5.32 Å². The van der Waals surface area contributed by atoms with Crippen LogP contribution in [0.3, 0.4) is 0 Å². The number of hydrogen-bond acceptors (Lipinski definition) is 6. The molecule has 0 unspecified atom stereocenters. The highest BCUT2D eigenvalue weighted by Crippen LogP contribution is 2.13. The average Bonchev–Trinajstić information content (AvgIpc) is 2.53. The predicted molar refractivity (Wildman–Crippen MR) is 83.5 cm³/mol. The van der Waals surface area contributed by atoms with Crippen LogP contribution in [-0.2, 0) is 19.2 Å². The predicted octanol–water partition coefficient (Wildman–Crippen LogP) is 0.300. The van der Waals surface area contributed by atoms with Gasteiger partial charge in [0.1, 0.15) is 0 Å². The van der Waals surface area contributed by atoms with Crippen molar-refractivity contribution in [2.45, 2.75) is 44.1 Å². The summed E-state index contributed by atoms with van der Waals surface area (Å²) >= 11 is 0. The molecule has 29 heavy (non-hydrogen) atoms. The van der Waals surface area contributed by atoms with E-state index in [1.54, 1.807) is 0 Å². The molecule has 0 heterocycles. The number of nitrogens with two attached hydrogens (primary N) is 2. The van der Waals surface area contributed by atoms with Gasteiger partial charge in [0.25, 0.3) is 0 Å². The highest BCUT2D eigenvalue weighted by Gasteiger charge is 2.38.